The number of carbonyl (C=O) groups excluding carboxylic acids is 1. The van der Waals surface area contributed by atoms with Crippen LogP contribution in [0.3, 0.4) is 0 Å². The summed E-state index contributed by atoms with van der Waals surface area (Å²) < 4.78 is 0. The smallest absolute Gasteiger partial charge is 0.327 e. The first-order valence-corrected chi connectivity index (χ1v) is 8.55. The van der Waals surface area contributed by atoms with Gasteiger partial charge >= 0.3 is 5.97 Å². The van der Waals surface area contributed by atoms with Crippen LogP contribution in [0.1, 0.15) is 39.0 Å². The minimum Gasteiger partial charge on any atom is -0.480 e. The van der Waals surface area contributed by atoms with Crippen molar-refractivity contribution >= 4 is 23.6 Å². The molecular weight excluding hydrogens is 276 g/mol. The average Bonchev–Trinajstić information content (AvgIpc) is 2.45. The van der Waals surface area contributed by atoms with Gasteiger partial charge in [-0.25, -0.2) is 4.79 Å². The second kappa shape index (κ2) is 9.23. The van der Waals surface area contributed by atoms with E-state index in [1.807, 2.05) is 0 Å². The number of aliphatic carboxylic acids is 1. The minimum atomic E-state index is -0.891. The Bertz CT molecular complexity index is 320. The first-order chi connectivity index (χ1) is 9.60. The Labute approximate surface area is 125 Å². The van der Waals surface area contributed by atoms with E-state index in [1.165, 1.54) is 0 Å². The van der Waals surface area contributed by atoms with E-state index in [0.717, 1.165) is 31.4 Å². The lowest BCUT2D eigenvalue weighted by molar-refractivity contribution is -0.149. The fraction of sp³-hybridized carbons (Fsp3) is 0.857. The van der Waals surface area contributed by atoms with Crippen molar-refractivity contribution in [3.63, 3.8) is 0 Å². The first kappa shape index (κ1) is 17.3. The Kier molecular flexibility index (Phi) is 7.99. The molecule has 20 heavy (non-hydrogen) atoms. The topological polar surface area (TPSA) is 83.6 Å². The number of carboxylic acid groups (broad SMARTS) is 1. The van der Waals surface area contributed by atoms with E-state index in [1.54, 1.807) is 16.7 Å². The number of amides is 1. The SMILES string of the molecule is CCCC(CCN)CCC(=O)N1CCSCC1C(=O)O. The van der Waals surface area contributed by atoms with Gasteiger partial charge in [0.2, 0.25) is 5.91 Å². The maximum absolute atomic E-state index is 12.2. The molecule has 1 fully saturated rings. The van der Waals surface area contributed by atoms with Crippen molar-refractivity contribution in [1.29, 1.82) is 0 Å². The molecule has 1 aliphatic rings. The summed E-state index contributed by atoms with van der Waals surface area (Å²) in [6, 6.07) is -0.652. The molecule has 3 N–H and O–H groups in total. The highest BCUT2D eigenvalue weighted by atomic mass is 32.2. The van der Waals surface area contributed by atoms with Crippen LogP contribution in [0.25, 0.3) is 0 Å². The van der Waals surface area contributed by atoms with Gasteiger partial charge in [-0.3, -0.25) is 4.79 Å². The van der Waals surface area contributed by atoms with Gasteiger partial charge in [0.05, 0.1) is 0 Å². The van der Waals surface area contributed by atoms with Crippen LogP contribution in [0.15, 0.2) is 0 Å². The Hall–Kier alpha value is -0.750. The summed E-state index contributed by atoms with van der Waals surface area (Å²) in [4.78, 5) is 25.0. The van der Waals surface area contributed by atoms with Crippen molar-refractivity contribution in [2.24, 2.45) is 11.7 Å². The van der Waals surface area contributed by atoms with E-state index in [4.69, 9.17) is 5.73 Å². The predicted octanol–water partition coefficient (Wildman–Crippen LogP) is 1.56. The molecule has 2 atom stereocenters. The monoisotopic (exact) mass is 302 g/mol. The van der Waals surface area contributed by atoms with Gasteiger partial charge < -0.3 is 15.7 Å². The lowest BCUT2D eigenvalue weighted by Gasteiger charge is -2.33. The zero-order chi connectivity index (χ0) is 15.0. The molecule has 0 radical (unpaired) electrons. The molecule has 0 bridgehead atoms. The summed E-state index contributed by atoms with van der Waals surface area (Å²) in [5.74, 6) is 0.906. The van der Waals surface area contributed by atoms with Crippen molar-refractivity contribution < 1.29 is 14.7 Å². The molecule has 1 aliphatic heterocycles. The van der Waals surface area contributed by atoms with E-state index in [-0.39, 0.29) is 5.91 Å². The number of rotatable bonds is 8. The Balaban J connectivity index is 2.48. The zero-order valence-electron chi connectivity index (χ0n) is 12.2. The number of carbonyl (C=O) groups is 2. The van der Waals surface area contributed by atoms with Crippen LogP contribution in [0.4, 0.5) is 0 Å². The molecule has 6 heteroatoms. The zero-order valence-corrected chi connectivity index (χ0v) is 13.0. The van der Waals surface area contributed by atoms with Crippen LogP contribution in [0.2, 0.25) is 0 Å². The molecule has 1 saturated heterocycles. The number of nitrogens with zero attached hydrogens (tertiary/aromatic N) is 1. The van der Waals surface area contributed by atoms with Gasteiger partial charge in [0.1, 0.15) is 6.04 Å². The van der Waals surface area contributed by atoms with E-state index < -0.39 is 12.0 Å². The highest BCUT2D eigenvalue weighted by molar-refractivity contribution is 7.99. The van der Waals surface area contributed by atoms with Gasteiger partial charge in [0.25, 0.3) is 0 Å². The van der Waals surface area contributed by atoms with Gasteiger partial charge in [0.15, 0.2) is 0 Å². The largest absolute Gasteiger partial charge is 0.480 e. The number of hydrogen-bond acceptors (Lipinski definition) is 4. The van der Waals surface area contributed by atoms with Gasteiger partial charge in [0, 0.05) is 24.5 Å². The molecule has 116 valence electrons. The molecular formula is C14H26N2O3S. The van der Waals surface area contributed by atoms with Crippen LogP contribution in [0.5, 0.6) is 0 Å². The lowest BCUT2D eigenvalue weighted by atomic mass is 9.94. The summed E-state index contributed by atoms with van der Waals surface area (Å²) in [5.41, 5.74) is 5.59. The van der Waals surface area contributed by atoms with E-state index >= 15 is 0 Å². The van der Waals surface area contributed by atoms with Crippen LogP contribution >= 0.6 is 11.8 Å². The summed E-state index contributed by atoms with van der Waals surface area (Å²) in [7, 11) is 0. The highest BCUT2D eigenvalue weighted by Crippen LogP contribution is 2.21. The van der Waals surface area contributed by atoms with Gasteiger partial charge in [-0.15, -0.1) is 0 Å². The second-order valence-corrected chi connectivity index (χ2v) is 6.44. The van der Waals surface area contributed by atoms with Crippen LogP contribution < -0.4 is 5.73 Å². The van der Waals surface area contributed by atoms with Crippen molar-refractivity contribution in [1.82, 2.24) is 4.90 Å². The molecule has 0 spiro atoms. The van der Waals surface area contributed by atoms with E-state index in [9.17, 15) is 14.7 Å². The van der Waals surface area contributed by atoms with E-state index in [0.29, 0.717) is 31.2 Å². The molecule has 0 aromatic carbocycles. The quantitative estimate of drug-likeness (QED) is 0.711. The average molecular weight is 302 g/mol. The molecule has 1 rings (SSSR count). The predicted molar refractivity (Wildman–Crippen MR) is 81.8 cm³/mol. The molecule has 1 amide bonds. The van der Waals surface area contributed by atoms with Crippen molar-refractivity contribution in [3.8, 4) is 0 Å². The van der Waals surface area contributed by atoms with Gasteiger partial charge in [-0.2, -0.15) is 11.8 Å². The van der Waals surface area contributed by atoms with Crippen molar-refractivity contribution in [2.45, 2.75) is 45.1 Å². The fourth-order valence-corrected chi connectivity index (χ4v) is 3.69. The third-order valence-corrected chi connectivity index (χ3v) is 4.79. The minimum absolute atomic E-state index is 0.0178. The molecule has 2 unspecified atom stereocenters. The van der Waals surface area contributed by atoms with Crippen molar-refractivity contribution in [3.05, 3.63) is 0 Å². The molecule has 1 heterocycles. The second-order valence-electron chi connectivity index (χ2n) is 5.29. The normalized spacial score (nSPS) is 20.7. The Morgan fingerprint density at radius 1 is 1.40 bits per heavy atom. The van der Waals surface area contributed by atoms with Crippen LogP contribution in [-0.4, -0.2) is 52.5 Å². The number of nitrogens with two attached hydrogens (primary N) is 1. The Morgan fingerprint density at radius 2 is 2.15 bits per heavy atom. The standard InChI is InChI=1S/C14H26N2O3S/c1-2-3-11(6-7-15)4-5-13(17)16-8-9-20-10-12(16)14(18)19/h11-12H,2-10,15H2,1H3,(H,18,19). The number of hydrogen-bond donors (Lipinski definition) is 2. The lowest BCUT2D eigenvalue weighted by Crippen LogP contribution is -2.50. The molecule has 5 nitrogen and oxygen atoms in total. The van der Waals surface area contributed by atoms with Gasteiger partial charge in [-0.05, 0) is 25.3 Å². The maximum atomic E-state index is 12.2. The molecule has 0 aromatic heterocycles. The highest BCUT2D eigenvalue weighted by Gasteiger charge is 2.32. The summed E-state index contributed by atoms with van der Waals surface area (Å²) >= 11 is 1.60. The fourth-order valence-electron chi connectivity index (χ4n) is 2.65. The molecule has 0 aromatic rings. The van der Waals surface area contributed by atoms with E-state index in [2.05, 4.69) is 6.92 Å². The molecule has 0 saturated carbocycles. The Morgan fingerprint density at radius 3 is 2.75 bits per heavy atom. The number of carboxylic acids is 1. The summed E-state index contributed by atoms with van der Waals surface area (Å²) in [6.45, 7) is 3.33. The van der Waals surface area contributed by atoms with Crippen LogP contribution in [-0.2, 0) is 9.59 Å². The maximum Gasteiger partial charge on any atom is 0.327 e. The molecule has 0 aliphatic carbocycles. The third kappa shape index (κ3) is 5.32. The van der Waals surface area contributed by atoms with Gasteiger partial charge in [-0.1, -0.05) is 19.8 Å². The van der Waals surface area contributed by atoms with Crippen molar-refractivity contribution in [2.75, 3.05) is 24.6 Å². The third-order valence-electron chi connectivity index (χ3n) is 3.77. The summed E-state index contributed by atoms with van der Waals surface area (Å²) in [6.07, 6.45) is 4.39. The van der Waals surface area contributed by atoms with Crippen LogP contribution in [0, 0.1) is 5.92 Å². The first-order valence-electron chi connectivity index (χ1n) is 7.40. The number of thioether (sulfide) groups is 1. The summed E-state index contributed by atoms with van der Waals surface area (Å²) in [5, 5.41) is 9.18.